The number of carbonyl (C=O) groups excluding carboxylic acids is 1. The zero-order valence-corrected chi connectivity index (χ0v) is 12.0. The van der Waals surface area contributed by atoms with Crippen LogP contribution in [0.3, 0.4) is 0 Å². The van der Waals surface area contributed by atoms with Crippen LogP contribution < -0.4 is 5.32 Å². The van der Waals surface area contributed by atoms with Gasteiger partial charge in [0.25, 0.3) is 0 Å². The summed E-state index contributed by atoms with van der Waals surface area (Å²) in [5.74, 6) is 1.58. The third kappa shape index (κ3) is 4.66. The second kappa shape index (κ2) is 6.39. The highest BCUT2D eigenvalue weighted by atomic mass is 16.2. The summed E-state index contributed by atoms with van der Waals surface area (Å²) in [5.41, 5.74) is 0. The van der Waals surface area contributed by atoms with Crippen LogP contribution in [-0.4, -0.2) is 37.0 Å². The van der Waals surface area contributed by atoms with Crippen LogP contribution in [0.1, 0.15) is 46.5 Å². The number of amides is 1. The van der Waals surface area contributed by atoms with Crippen molar-refractivity contribution < 1.29 is 4.79 Å². The third-order valence-electron chi connectivity index (χ3n) is 3.58. The molecule has 100 valence electrons. The summed E-state index contributed by atoms with van der Waals surface area (Å²) in [6.45, 7) is 6.65. The van der Waals surface area contributed by atoms with Gasteiger partial charge in [-0.3, -0.25) is 4.79 Å². The minimum Gasteiger partial charge on any atom is -0.347 e. The van der Waals surface area contributed by atoms with Crippen molar-refractivity contribution in [2.75, 3.05) is 14.1 Å². The summed E-state index contributed by atoms with van der Waals surface area (Å²) in [7, 11) is 3.68. The van der Waals surface area contributed by atoms with Crippen LogP contribution in [0.2, 0.25) is 0 Å². The second-order valence-corrected chi connectivity index (χ2v) is 6.20. The van der Waals surface area contributed by atoms with Gasteiger partial charge in [-0.1, -0.05) is 20.8 Å². The summed E-state index contributed by atoms with van der Waals surface area (Å²) in [4.78, 5) is 13.8. The Morgan fingerprint density at radius 1 is 1.35 bits per heavy atom. The fourth-order valence-corrected chi connectivity index (χ4v) is 2.67. The van der Waals surface area contributed by atoms with E-state index in [2.05, 4.69) is 26.1 Å². The first-order valence-corrected chi connectivity index (χ1v) is 6.87. The fourth-order valence-electron chi connectivity index (χ4n) is 2.67. The number of nitrogens with one attached hydrogen (secondary N) is 1. The summed E-state index contributed by atoms with van der Waals surface area (Å²) in [6, 6.07) is 0.540. The predicted molar refractivity (Wildman–Crippen MR) is 71.9 cm³/mol. The molecule has 1 rings (SSSR count). The van der Waals surface area contributed by atoms with Gasteiger partial charge in [0.15, 0.2) is 0 Å². The van der Waals surface area contributed by atoms with Crippen molar-refractivity contribution in [1.82, 2.24) is 10.2 Å². The molecule has 1 fully saturated rings. The molecule has 3 unspecified atom stereocenters. The van der Waals surface area contributed by atoms with Crippen LogP contribution in [0.15, 0.2) is 0 Å². The van der Waals surface area contributed by atoms with Gasteiger partial charge in [0.1, 0.15) is 0 Å². The molecule has 0 heterocycles. The van der Waals surface area contributed by atoms with Crippen molar-refractivity contribution in [2.45, 2.75) is 58.5 Å². The maximum atomic E-state index is 12.1. The van der Waals surface area contributed by atoms with Gasteiger partial charge < -0.3 is 10.2 Å². The minimum atomic E-state index is 0.000278. The first-order chi connectivity index (χ1) is 7.90. The van der Waals surface area contributed by atoms with E-state index in [4.69, 9.17) is 0 Å². The van der Waals surface area contributed by atoms with E-state index in [1.807, 2.05) is 14.1 Å². The van der Waals surface area contributed by atoms with Gasteiger partial charge in [-0.15, -0.1) is 0 Å². The van der Waals surface area contributed by atoms with Gasteiger partial charge in [0.2, 0.25) is 5.91 Å². The van der Waals surface area contributed by atoms with Crippen LogP contribution >= 0.6 is 0 Å². The maximum absolute atomic E-state index is 12.1. The Labute approximate surface area is 106 Å². The molecule has 0 saturated heterocycles. The highest BCUT2D eigenvalue weighted by Gasteiger charge is 2.28. The number of nitrogens with zero attached hydrogens (tertiary/aromatic N) is 1. The number of hydrogen-bond donors (Lipinski definition) is 1. The van der Waals surface area contributed by atoms with Gasteiger partial charge in [-0.2, -0.15) is 0 Å². The van der Waals surface area contributed by atoms with Gasteiger partial charge in [-0.25, -0.2) is 0 Å². The molecule has 0 radical (unpaired) electrons. The third-order valence-corrected chi connectivity index (χ3v) is 3.58. The predicted octanol–water partition coefficient (Wildman–Crippen LogP) is 2.27. The topological polar surface area (TPSA) is 32.3 Å². The van der Waals surface area contributed by atoms with Crippen LogP contribution in [0, 0.1) is 11.8 Å². The molecule has 1 amide bonds. The van der Waals surface area contributed by atoms with E-state index >= 15 is 0 Å². The smallest absolute Gasteiger partial charge is 0.239 e. The molecule has 1 aliphatic carbocycles. The zero-order chi connectivity index (χ0) is 13.0. The van der Waals surface area contributed by atoms with Crippen LogP contribution in [-0.2, 0) is 4.79 Å². The Hall–Kier alpha value is -0.570. The molecule has 1 aliphatic rings. The van der Waals surface area contributed by atoms with Crippen molar-refractivity contribution in [2.24, 2.45) is 11.8 Å². The molecule has 1 saturated carbocycles. The Morgan fingerprint density at radius 2 is 2.00 bits per heavy atom. The number of rotatable bonds is 5. The Balaban J connectivity index is 2.54. The molecule has 0 aromatic rings. The highest BCUT2D eigenvalue weighted by molar-refractivity contribution is 5.81. The molecule has 0 aliphatic heterocycles. The summed E-state index contributed by atoms with van der Waals surface area (Å²) < 4.78 is 0. The lowest BCUT2D eigenvalue weighted by Gasteiger charge is -2.26. The highest BCUT2D eigenvalue weighted by Crippen LogP contribution is 2.25. The van der Waals surface area contributed by atoms with Gasteiger partial charge >= 0.3 is 0 Å². The SMILES string of the molecule is CC(C)CC(NC1CCC(C)C1)C(=O)N(C)C. The lowest BCUT2D eigenvalue weighted by molar-refractivity contribution is -0.131. The first kappa shape index (κ1) is 14.5. The van der Waals surface area contributed by atoms with Crippen molar-refractivity contribution >= 4 is 5.91 Å². The number of hydrogen-bond acceptors (Lipinski definition) is 2. The Bertz CT molecular complexity index is 251. The van der Waals surface area contributed by atoms with Crippen LogP contribution in [0.4, 0.5) is 0 Å². The molecular weight excluding hydrogens is 212 g/mol. The Kier molecular flexibility index (Phi) is 5.44. The minimum absolute atomic E-state index is 0.000278. The van der Waals surface area contributed by atoms with Gasteiger partial charge in [0.05, 0.1) is 6.04 Å². The van der Waals surface area contributed by atoms with Crippen molar-refractivity contribution in [3.8, 4) is 0 Å². The summed E-state index contributed by atoms with van der Waals surface area (Å²) in [6.07, 6.45) is 4.66. The molecule has 0 bridgehead atoms. The van der Waals surface area contributed by atoms with Crippen molar-refractivity contribution in [3.63, 3.8) is 0 Å². The van der Waals surface area contributed by atoms with Crippen molar-refractivity contribution in [3.05, 3.63) is 0 Å². The van der Waals surface area contributed by atoms with E-state index in [9.17, 15) is 4.79 Å². The van der Waals surface area contributed by atoms with E-state index in [1.54, 1.807) is 4.90 Å². The zero-order valence-electron chi connectivity index (χ0n) is 12.0. The fraction of sp³-hybridized carbons (Fsp3) is 0.929. The molecule has 3 heteroatoms. The van der Waals surface area contributed by atoms with E-state index < -0.39 is 0 Å². The summed E-state index contributed by atoms with van der Waals surface area (Å²) in [5, 5.41) is 3.57. The van der Waals surface area contributed by atoms with Gasteiger partial charge in [0, 0.05) is 20.1 Å². The average molecular weight is 240 g/mol. The second-order valence-electron chi connectivity index (χ2n) is 6.20. The molecule has 1 N–H and O–H groups in total. The van der Waals surface area contributed by atoms with E-state index in [1.165, 1.54) is 19.3 Å². The lowest BCUT2D eigenvalue weighted by Crippen LogP contribution is -2.47. The number of carbonyl (C=O) groups is 1. The van der Waals surface area contributed by atoms with Gasteiger partial charge in [-0.05, 0) is 37.5 Å². The van der Waals surface area contributed by atoms with E-state index in [0.717, 1.165) is 12.3 Å². The maximum Gasteiger partial charge on any atom is 0.239 e. The van der Waals surface area contributed by atoms with Crippen LogP contribution in [0.5, 0.6) is 0 Å². The van der Waals surface area contributed by atoms with E-state index in [-0.39, 0.29) is 11.9 Å². The average Bonchev–Trinajstić information content (AvgIpc) is 2.61. The monoisotopic (exact) mass is 240 g/mol. The molecule has 0 aromatic heterocycles. The molecule has 0 aromatic carbocycles. The molecule has 3 atom stereocenters. The molecule has 17 heavy (non-hydrogen) atoms. The normalized spacial score (nSPS) is 26.2. The molecule has 3 nitrogen and oxygen atoms in total. The largest absolute Gasteiger partial charge is 0.347 e. The standard InChI is InChI=1S/C14H28N2O/c1-10(2)8-13(14(17)16(4)5)15-12-7-6-11(3)9-12/h10-13,15H,6-9H2,1-5H3. The molecule has 0 spiro atoms. The van der Waals surface area contributed by atoms with Crippen molar-refractivity contribution in [1.29, 1.82) is 0 Å². The summed E-state index contributed by atoms with van der Waals surface area (Å²) >= 11 is 0. The molecular formula is C14H28N2O. The first-order valence-electron chi connectivity index (χ1n) is 6.87. The van der Waals surface area contributed by atoms with E-state index in [0.29, 0.717) is 12.0 Å². The lowest BCUT2D eigenvalue weighted by atomic mass is 10.0. The van der Waals surface area contributed by atoms with Crippen LogP contribution in [0.25, 0.3) is 0 Å². The quantitative estimate of drug-likeness (QED) is 0.799. The Morgan fingerprint density at radius 3 is 2.41 bits per heavy atom. The number of likely N-dealkylation sites (N-methyl/N-ethyl adjacent to an activating group) is 1.